The summed E-state index contributed by atoms with van der Waals surface area (Å²) in [5.41, 5.74) is 34.5. The molecule has 0 aromatic carbocycles. The minimum absolute atomic E-state index is 0.439. The lowest BCUT2D eigenvalue weighted by Gasteiger charge is -2.31. The van der Waals surface area contributed by atoms with E-state index in [1.54, 1.807) is 12.5 Å². The zero-order valence-corrected chi connectivity index (χ0v) is 33.5. The van der Waals surface area contributed by atoms with E-state index in [1.165, 1.54) is 96.9 Å². The molecule has 296 valence electrons. The number of nitrogens with zero attached hydrogens (tertiary/aromatic N) is 6. The number of nitrogens with two attached hydrogens (primary N) is 6. The molecule has 12 heteroatoms. The average molecular weight is 709 g/mol. The number of imidazole rings is 1. The summed E-state index contributed by atoms with van der Waals surface area (Å²) in [4.78, 5) is 13.4. The summed E-state index contributed by atoms with van der Waals surface area (Å²) in [5, 5.41) is 0. The van der Waals surface area contributed by atoms with Crippen molar-refractivity contribution in [3.05, 3.63) is 18.2 Å². The molecule has 6 rings (SSSR count). The van der Waals surface area contributed by atoms with Crippen LogP contribution in [0.2, 0.25) is 0 Å². The van der Waals surface area contributed by atoms with Gasteiger partial charge in [0.1, 0.15) is 0 Å². The molecule has 4 atom stereocenters. The average Bonchev–Trinajstić information content (AvgIpc) is 3.88. The maximum Gasteiger partial charge on any atom is 0.0945 e. The maximum absolute atomic E-state index is 5.68. The Hall–Kier alpha value is -1.19. The van der Waals surface area contributed by atoms with Crippen LogP contribution in [0.25, 0.3) is 0 Å². The van der Waals surface area contributed by atoms with Gasteiger partial charge in [-0.15, -0.1) is 0 Å². The molecule has 4 unspecified atom stereocenters. The highest BCUT2D eigenvalue weighted by Gasteiger charge is 2.21. The second-order valence-corrected chi connectivity index (χ2v) is 15.3. The van der Waals surface area contributed by atoms with E-state index < -0.39 is 0 Å². The summed E-state index contributed by atoms with van der Waals surface area (Å²) >= 11 is 0. The van der Waals surface area contributed by atoms with Gasteiger partial charge in [0.05, 0.1) is 12.0 Å². The molecular weight excluding hydrogens is 625 g/mol. The largest absolute Gasteiger partial charge is 0.337 e. The number of rotatable bonds is 5. The lowest BCUT2D eigenvalue weighted by molar-refractivity contribution is 0.191. The summed E-state index contributed by atoms with van der Waals surface area (Å²) < 4.78 is 1.90. The number of likely N-dealkylation sites (N-methyl/N-ethyl adjacent to an activating group) is 3. The number of aromatic nitrogens is 2. The molecule has 0 radical (unpaired) electrons. The summed E-state index contributed by atoms with van der Waals surface area (Å²) in [6.07, 6.45) is 21.3. The van der Waals surface area contributed by atoms with Crippen molar-refractivity contribution in [3.63, 3.8) is 0 Å². The Bertz CT molecular complexity index is 877. The highest BCUT2D eigenvalue weighted by atomic mass is 15.2. The van der Waals surface area contributed by atoms with Gasteiger partial charge in [-0.1, -0.05) is 20.3 Å². The second kappa shape index (κ2) is 28.3. The van der Waals surface area contributed by atoms with E-state index in [-0.39, 0.29) is 0 Å². The molecule has 4 aliphatic heterocycles. The molecule has 0 bridgehead atoms. The third-order valence-electron chi connectivity index (χ3n) is 11.1. The molecule has 0 amide bonds. The van der Waals surface area contributed by atoms with Gasteiger partial charge in [0.15, 0.2) is 0 Å². The zero-order chi connectivity index (χ0) is 37.3. The van der Waals surface area contributed by atoms with Crippen LogP contribution >= 0.6 is 0 Å². The minimum Gasteiger partial charge on any atom is -0.337 e. The van der Waals surface area contributed by atoms with Crippen molar-refractivity contribution >= 4 is 0 Å². The van der Waals surface area contributed by atoms with Crippen molar-refractivity contribution in [1.29, 1.82) is 0 Å². The van der Waals surface area contributed by atoms with Gasteiger partial charge in [-0.05, 0) is 137 Å². The van der Waals surface area contributed by atoms with Crippen molar-refractivity contribution in [2.45, 2.75) is 147 Å². The first-order valence-corrected chi connectivity index (χ1v) is 20.1. The first-order chi connectivity index (χ1) is 24.0. The predicted octanol–water partition coefficient (Wildman–Crippen LogP) is 2.48. The summed E-state index contributed by atoms with van der Waals surface area (Å²) in [6.45, 7) is 14.0. The van der Waals surface area contributed by atoms with Crippen molar-refractivity contribution in [1.82, 2.24) is 29.2 Å². The Morgan fingerprint density at radius 2 is 1.16 bits per heavy atom. The van der Waals surface area contributed by atoms with E-state index in [1.807, 2.05) is 11.6 Å². The Kier molecular flexibility index (Phi) is 26.5. The first kappa shape index (κ1) is 46.8. The third-order valence-corrected chi connectivity index (χ3v) is 11.1. The topological polar surface area (TPSA) is 187 Å². The molecule has 1 aromatic rings. The number of piperidine rings is 2. The molecule has 12 N–H and O–H groups in total. The minimum atomic E-state index is 0.439. The van der Waals surface area contributed by atoms with Crippen LogP contribution in [-0.2, 0) is 13.6 Å². The van der Waals surface area contributed by atoms with Crippen molar-refractivity contribution in [3.8, 4) is 0 Å². The predicted molar refractivity (Wildman–Crippen MR) is 215 cm³/mol. The Morgan fingerprint density at radius 1 is 0.620 bits per heavy atom. The van der Waals surface area contributed by atoms with Crippen LogP contribution in [0, 0.1) is 0 Å². The summed E-state index contributed by atoms with van der Waals surface area (Å²) in [7, 11) is 8.44. The summed E-state index contributed by atoms with van der Waals surface area (Å²) in [6, 6.07) is 3.57. The number of likely N-dealkylation sites (tertiary alicyclic amines) is 4. The molecule has 5 fully saturated rings. The van der Waals surface area contributed by atoms with E-state index in [2.05, 4.69) is 59.6 Å². The maximum atomic E-state index is 5.68. The lowest BCUT2D eigenvalue weighted by atomic mass is 9.93. The van der Waals surface area contributed by atoms with Gasteiger partial charge in [-0.3, -0.25) is 4.90 Å². The number of hydrogen-bond donors (Lipinski definition) is 6. The van der Waals surface area contributed by atoms with Gasteiger partial charge in [-0.2, -0.15) is 0 Å². The fourth-order valence-electron chi connectivity index (χ4n) is 7.45. The molecule has 1 saturated carbocycles. The standard InChI is InChI=1S/2C7H16N2.C7H15N.2C6H14N2.C5H9N3/c1-9-5-3-2-4-7(9)6-8;1-2-9-5-3-4-7(9)6-8;1-3-7-5-4-6-8(7)2;1-8-4-2-3-6(7)5-8;7-5-1-2-6(8)4-3-5;1-8-4-7-3-5(8)2-6/h2*7H,2-6,8H2,1H3;7H,3-6H2,1-2H3;6H,2-5,7H2,1H3;5-6H,1-4,7-8H2;3-4H,2,6H2,1H3. The molecule has 0 spiro atoms. The van der Waals surface area contributed by atoms with Gasteiger partial charge in [0.25, 0.3) is 0 Å². The van der Waals surface area contributed by atoms with E-state index >= 15 is 0 Å². The number of aryl methyl sites for hydroxylation is 1. The lowest BCUT2D eigenvalue weighted by Crippen LogP contribution is -2.41. The monoisotopic (exact) mass is 709 g/mol. The molecule has 1 aliphatic carbocycles. The van der Waals surface area contributed by atoms with Gasteiger partial charge in [-0.25, -0.2) is 4.98 Å². The van der Waals surface area contributed by atoms with E-state index in [9.17, 15) is 0 Å². The van der Waals surface area contributed by atoms with Gasteiger partial charge in [0.2, 0.25) is 0 Å². The Morgan fingerprint density at radius 3 is 1.50 bits per heavy atom. The van der Waals surface area contributed by atoms with Gasteiger partial charge in [0, 0.05) is 75.7 Å². The number of hydrogen-bond acceptors (Lipinski definition) is 11. The molecular formula is C38H84N12. The van der Waals surface area contributed by atoms with Crippen LogP contribution in [0.3, 0.4) is 0 Å². The fraction of sp³-hybridized carbons (Fsp3) is 0.921. The fourth-order valence-corrected chi connectivity index (χ4v) is 7.45. The molecule has 50 heavy (non-hydrogen) atoms. The van der Waals surface area contributed by atoms with E-state index in [0.29, 0.717) is 36.8 Å². The quantitative estimate of drug-likeness (QED) is 0.264. The van der Waals surface area contributed by atoms with Crippen molar-refractivity contribution < 1.29 is 0 Å². The van der Waals surface area contributed by atoms with Crippen molar-refractivity contribution in [2.24, 2.45) is 41.4 Å². The summed E-state index contributed by atoms with van der Waals surface area (Å²) in [5.74, 6) is 0. The SMILES string of the molecule is CCC1CCCN1C.CCN1CCCC1CN.CN1CCCC(N)C1.CN1CCCCC1CN.Cn1cncc1CN.NC1CCC(N)CC1. The Balaban J connectivity index is 0.000000300. The van der Waals surface area contributed by atoms with Crippen LogP contribution < -0.4 is 34.4 Å². The van der Waals surface area contributed by atoms with E-state index in [4.69, 9.17) is 34.4 Å². The molecule has 12 nitrogen and oxygen atoms in total. The van der Waals surface area contributed by atoms with Crippen LogP contribution in [0.1, 0.15) is 109 Å². The molecule has 4 saturated heterocycles. The van der Waals surface area contributed by atoms with E-state index in [0.717, 1.165) is 57.1 Å². The molecule has 1 aromatic heterocycles. The van der Waals surface area contributed by atoms with Gasteiger partial charge < -0.3 is 53.7 Å². The van der Waals surface area contributed by atoms with Crippen LogP contribution in [-0.4, -0.2) is 139 Å². The van der Waals surface area contributed by atoms with Crippen LogP contribution in [0.4, 0.5) is 0 Å². The third kappa shape index (κ3) is 20.2. The zero-order valence-electron chi connectivity index (χ0n) is 33.5. The highest BCUT2D eigenvalue weighted by molar-refractivity contribution is 4.95. The van der Waals surface area contributed by atoms with Crippen molar-refractivity contribution in [2.75, 3.05) is 73.5 Å². The van der Waals surface area contributed by atoms with Gasteiger partial charge >= 0.3 is 0 Å². The highest BCUT2D eigenvalue weighted by Crippen LogP contribution is 2.17. The molecule has 5 heterocycles. The smallest absolute Gasteiger partial charge is 0.0945 e. The van der Waals surface area contributed by atoms with Crippen LogP contribution in [0.15, 0.2) is 12.5 Å². The van der Waals surface area contributed by atoms with Crippen LogP contribution in [0.5, 0.6) is 0 Å². The molecule has 5 aliphatic rings. The second-order valence-electron chi connectivity index (χ2n) is 15.3. The normalized spacial score (nSPS) is 29.0. The Labute approximate surface area is 308 Å². The first-order valence-electron chi connectivity index (χ1n) is 20.1.